The molecule has 0 atom stereocenters. The first-order valence-corrected chi connectivity index (χ1v) is 9.51. The summed E-state index contributed by atoms with van der Waals surface area (Å²) in [4.78, 5) is 7.27. The van der Waals surface area contributed by atoms with Crippen LogP contribution < -0.4 is 9.64 Å². The third-order valence-corrected chi connectivity index (χ3v) is 5.68. The Bertz CT molecular complexity index is 911. The Morgan fingerprint density at radius 1 is 1.00 bits per heavy atom. The number of methoxy groups -OCH3 is 1. The molecular weight excluding hydrogens is 358 g/mol. The van der Waals surface area contributed by atoms with E-state index in [-0.39, 0.29) is 12.4 Å². The van der Waals surface area contributed by atoms with Crippen LogP contribution in [0.5, 0.6) is 5.75 Å². The summed E-state index contributed by atoms with van der Waals surface area (Å²) < 4.78 is 7.73. The number of benzene rings is 1. The third-order valence-electron chi connectivity index (χ3n) is 5.68. The van der Waals surface area contributed by atoms with Crippen LogP contribution in [0.15, 0.2) is 36.5 Å². The van der Waals surface area contributed by atoms with E-state index >= 15 is 0 Å². The van der Waals surface area contributed by atoms with Crippen LogP contribution >= 0.6 is 12.4 Å². The summed E-state index contributed by atoms with van der Waals surface area (Å²) in [6, 6.07) is 10.5. The topological polar surface area (TPSA) is 30.3 Å². The predicted octanol–water partition coefficient (Wildman–Crippen LogP) is 5.12. The zero-order chi connectivity index (χ0) is 18.1. The lowest BCUT2D eigenvalue weighted by Crippen LogP contribution is -2.30. The van der Waals surface area contributed by atoms with Crippen LogP contribution in [0.25, 0.3) is 10.9 Å². The number of anilines is 1. The molecule has 27 heavy (non-hydrogen) atoms. The Balaban J connectivity index is 0.00000210. The van der Waals surface area contributed by atoms with E-state index in [0.29, 0.717) is 0 Å². The maximum Gasteiger partial charge on any atom is 0.153 e. The monoisotopic (exact) mass is 385 g/mol. The highest BCUT2D eigenvalue weighted by Crippen LogP contribution is 2.33. The molecule has 0 amide bonds. The normalized spacial score (nSPS) is 14.3. The van der Waals surface area contributed by atoms with Gasteiger partial charge in [-0.1, -0.05) is 12.1 Å². The number of piperidine rings is 1. The van der Waals surface area contributed by atoms with Crippen LogP contribution in [0.3, 0.4) is 0 Å². The summed E-state index contributed by atoms with van der Waals surface area (Å²) in [5.74, 6) is 2.04. The number of nitrogens with zero attached hydrogens (tertiary/aromatic N) is 3. The summed E-state index contributed by atoms with van der Waals surface area (Å²) in [6.45, 7) is 7.52. The Hall–Kier alpha value is -2.20. The van der Waals surface area contributed by atoms with Gasteiger partial charge in [-0.25, -0.2) is 4.98 Å². The summed E-state index contributed by atoms with van der Waals surface area (Å²) in [6.07, 6.45) is 5.82. The number of aromatic nitrogens is 2. The SMILES string of the molecule is COc1ccc(Cn2c(C)c(C)c3ccnc(N4CCCCC4)c32)cc1.Cl. The molecule has 1 saturated heterocycles. The van der Waals surface area contributed by atoms with Crippen LogP contribution in [0.1, 0.15) is 36.1 Å². The maximum absolute atomic E-state index is 5.29. The summed E-state index contributed by atoms with van der Waals surface area (Å²) in [5.41, 5.74) is 5.23. The van der Waals surface area contributed by atoms with E-state index in [9.17, 15) is 0 Å². The average Bonchev–Trinajstić information content (AvgIpc) is 2.94. The molecule has 4 rings (SSSR count). The molecule has 0 aliphatic carbocycles. The molecule has 4 nitrogen and oxygen atoms in total. The number of pyridine rings is 1. The zero-order valence-electron chi connectivity index (χ0n) is 16.4. The van der Waals surface area contributed by atoms with Crippen molar-refractivity contribution in [3.63, 3.8) is 0 Å². The molecule has 0 radical (unpaired) electrons. The lowest BCUT2D eigenvalue weighted by molar-refractivity contribution is 0.414. The summed E-state index contributed by atoms with van der Waals surface area (Å²) in [5, 5.41) is 1.33. The predicted molar refractivity (Wildman–Crippen MR) is 115 cm³/mol. The van der Waals surface area contributed by atoms with Gasteiger partial charge in [-0.3, -0.25) is 0 Å². The number of ether oxygens (including phenoxy) is 1. The average molecular weight is 386 g/mol. The van der Waals surface area contributed by atoms with E-state index in [2.05, 4.69) is 41.5 Å². The van der Waals surface area contributed by atoms with Gasteiger partial charge in [0.1, 0.15) is 5.75 Å². The molecule has 0 bridgehead atoms. The van der Waals surface area contributed by atoms with Gasteiger partial charge in [-0.05, 0) is 62.4 Å². The Morgan fingerprint density at radius 3 is 2.37 bits per heavy atom. The highest BCUT2D eigenvalue weighted by atomic mass is 35.5. The number of halogens is 1. The van der Waals surface area contributed by atoms with E-state index in [1.165, 1.54) is 47.0 Å². The molecule has 144 valence electrons. The van der Waals surface area contributed by atoms with Crippen LogP contribution in [0.4, 0.5) is 5.82 Å². The summed E-state index contributed by atoms with van der Waals surface area (Å²) in [7, 11) is 1.71. The highest BCUT2D eigenvalue weighted by molar-refractivity contribution is 5.93. The van der Waals surface area contributed by atoms with Crippen molar-refractivity contribution in [1.29, 1.82) is 0 Å². The molecule has 1 aromatic carbocycles. The molecule has 2 aromatic heterocycles. The fourth-order valence-electron chi connectivity index (χ4n) is 4.02. The second-order valence-corrected chi connectivity index (χ2v) is 7.22. The van der Waals surface area contributed by atoms with Gasteiger partial charge in [0.15, 0.2) is 5.82 Å². The van der Waals surface area contributed by atoms with Crippen molar-refractivity contribution < 1.29 is 4.74 Å². The first kappa shape index (κ1) is 19.6. The maximum atomic E-state index is 5.29. The van der Waals surface area contributed by atoms with Gasteiger partial charge in [0, 0.05) is 36.9 Å². The first-order chi connectivity index (χ1) is 12.7. The van der Waals surface area contributed by atoms with E-state index in [4.69, 9.17) is 9.72 Å². The van der Waals surface area contributed by atoms with Crippen molar-refractivity contribution in [1.82, 2.24) is 9.55 Å². The van der Waals surface area contributed by atoms with Gasteiger partial charge in [-0.2, -0.15) is 0 Å². The van der Waals surface area contributed by atoms with Gasteiger partial charge < -0.3 is 14.2 Å². The van der Waals surface area contributed by atoms with E-state index in [0.717, 1.165) is 31.2 Å². The lowest BCUT2D eigenvalue weighted by atomic mass is 10.1. The standard InChI is InChI=1S/C22H27N3O.ClH/c1-16-17(2)25(15-18-7-9-19(26-3)10-8-18)21-20(16)11-12-23-22(21)24-13-5-4-6-14-24;/h7-12H,4-6,13-15H2,1-3H3;1H. The van der Waals surface area contributed by atoms with Crippen molar-refractivity contribution >= 4 is 29.1 Å². The molecule has 1 fully saturated rings. The molecule has 0 saturated carbocycles. The summed E-state index contributed by atoms with van der Waals surface area (Å²) >= 11 is 0. The highest BCUT2D eigenvalue weighted by Gasteiger charge is 2.20. The van der Waals surface area contributed by atoms with Crippen molar-refractivity contribution in [2.75, 3.05) is 25.1 Å². The molecule has 0 unspecified atom stereocenters. The number of hydrogen-bond donors (Lipinski definition) is 0. The zero-order valence-corrected chi connectivity index (χ0v) is 17.2. The van der Waals surface area contributed by atoms with Gasteiger partial charge >= 0.3 is 0 Å². The lowest BCUT2D eigenvalue weighted by Gasteiger charge is -2.28. The largest absolute Gasteiger partial charge is 0.497 e. The molecular formula is C22H28ClN3O. The van der Waals surface area contributed by atoms with Crippen LogP contribution in [0.2, 0.25) is 0 Å². The molecule has 1 aliphatic rings. The minimum atomic E-state index is 0. The van der Waals surface area contributed by atoms with Gasteiger partial charge in [0.25, 0.3) is 0 Å². The molecule has 1 aliphatic heterocycles. The quantitative estimate of drug-likeness (QED) is 0.624. The number of aryl methyl sites for hydroxylation is 1. The number of hydrogen-bond acceptors (Lipinski definition) is 3. The smallest absolute Gasteiger partial charge is 0.153 e. The van der Waals surface area contributed by atoms with Crippen molar-refractivity contribution in [3.05, 3.63) is 53.3 Å². The number of fused-ring (bicyclic) bond motifs is 1. The van der Waals surface area contributed by atoms with E-state index in [1.807, 2.05) is 18.3 Å². The van der Waals surface area contributed by atoms with Crippen LogP contribution in [-0.2, 0) is 6.54 Å². The van der Waals surface area contributed by atoms with E-state index < -0.39 is 0 Å². The van der Waals surface area contributed by atoms with E-state index in [1.54, 1.807) is 7.11 Å². The fourth-order valence-corrected chi connectivity index (χ4v) is 4.02. The minimum Gasteiger partial charge on any atom is -0.497 e. The number of rotatable bonds is 4. The first-order valence-electron chi connectivity index (χ1n) is 9.51. The minimum absolute atomic E-state index is 0. The Kier molecular flexibility index (Phi) is 5.95. The van der Waals surface area contributed by atoms with Crippen molar-refractivity contribution in [3.8, 4) is 5.75 Å². The van der Waals surface area contributed by atoms with Crippen LogP contribution in [-0.4, -0.2) is 29.8 Å². The molecule has 3 aromatic rings. The molecule has 5 heteroatoms. The second kappa shape index (κ2) is 8.22. The van der Waals surface area contributed by atoms with Gasteiger partial charge in [0.2, 0.25) is 0 Å². The molecule has 3 heterocycles. The van der Waals surface area contributed by atoms with Crippen molar-refractivity contribution in [2.45, 2.75) is 39.7 Å². The fraction of sp³-hybridized carbons (Fsp3) is 0.409. The molecule has 0 spiro atoms. The second-order valence-electron chi connectivity index (χ2n) is 7.22. The Labute approximate surface area is 167 Å². The van der Waals surface area contributed by atoms with Crippen molar-refractivity contribution in [2.24, 2.45) is 0 Å². The van der Waals surface area contributed by atoms with Gasteiger partial charge in [-0.15, -0.1) is 12.4 Å². The Morgan fingerprint density at radius 2 is 1.70 bits per heavy atom. The van der Waals surface area contributed by atoms with Crippen LogP contribution in [0, 0.1) is 13.8 Å². The molecule has 0 N–H and O–H groups in total. The van der Waals surface area contributed by atoms with Gasteiger partial charge in [0.05, 0.1) is 12.6 Å². The third kappa shape index (κ3) is 3.63.